The average molecular weight is 271 g/mol. The minimum Gasteiger partial charge on any atom is -0.394 e. The van der Waals surface area contributed by atoms with Gasteiger partial charge in [0.25, 0.3) is 0 Å². The minimum absolute atomic E-state index is 0.133. The van der Waals surface area contributed by atoms with Crippen molar-refractivity contribution in [1.82, 2.24) is 4.90 Å². The van der Waals surface area contributed by atoms with Gasteiger partial charge in [-0.2, -0.15) is 0 Å². The number of hydrogen-bond acceptors (Lipinski definition) is 5. The summed E-state index contributed by atoms with van der Waals surface area (Å²) in [7, 11) is 0. The van der Waals surface area contributed by atoms with E-state index in [9.17, 15) is 24.9 Å². The van der Waals surface area contributed by atoms with Crippen LogP contribution < -0.4 is 0 Å². The molecule has 1 aliphatic carbocycles. The van der Waals surface area contributed by atoms with E-state index >= 15 is 0 Å². The first-order valence-corrected chi connectivity index (χ1v) is 6.75. The summed E-state index contributed by atoms with van der Waals surface area (Å²) in [6.45, 7) is -1.89. The topological polar surface area (TPSA) is 98.1 Å². The van der Waals surface area contributed by atoms with Crippen molar-refractivity contribution in [1.29, 1.82) is 0 Å². The van der Waals surface area contributed by atoms with Crippen molar-refractivity contribution in [3.63, 3.8) is 0 Å². The maximum atomic E-state index is 12.6. The third kappa shape index (κ3) is 2.07. The van der Waals surface area contributed by atoms with E-state index < -0.39 is 36.7 Å². The molecule has 0 aromatic heterocycles. The molecule has 0 aromatic carbocycles. The van der Waals surface area contributed by atoms with E-state index in [1.165, 1.54) is 0 Å². The lowest BCUT2D eigenvalue weighted by Crippen LogP contribution is -2.60. The molecule has 3 N–H and O–H groups in total. The average Bonchev–Trinajstić information content (AvgIpc) is 2.67. The van der Waals surface area contributed by atoms with Crippen LogP contribution in [0, 0.1) is 5.41 Å². The maximum Gasteiger partial charge on any atom is 0.236 e. The predicted octanol–water partition coefficient (Wildman–Crippen LogP) is -0.588. The standard InChI is InChI=1S/C13H21NO5/c15-7-13(8-16,9-17)14-10(18)6-12(11(14)19)4-2-1-3-5-12/h15-17H,1-9H2. The van der Waals surface area contributed by atoms with Gasteiger partial charge in [0.15, 0.2) is 0 Å². The van der Waals surface area contributed by atoms with Gasteiger partial charge in [-0.05, 0) is 12.8 Å². The normalized spacial score (nSPS) is 23.4. The molecule has 1 heterocycles. The van der Waals surface area contributed by atoms with E-state index in [-0.39, 0.29) is 12.3 Å². The zero-order valence-electron chi connectivity index (χ0n) is 11.0. The van der Waals surface area contributed by atoms with Crippen LogP contribution in [0.2, 0.25) is 0 Å². The summed E-state index contributed by atoms with van der Waals surface area (Å²) in [6.07, 6.45) is 4.37. The number of amides is 2. The number of aliphatic hydroxyl groups excluding tert-OH is 3. The molecule has 1 saturated carbocycles. The number of likely N-dealkylation sites (tertiary alicyclic amines) is 1. The third-order valence-corrected chi connectivity index (χ3v) is 4.56. The first-order chi connectivity index (χ1) is 9.05. The third-order valence-electron chi connectivity index (χ3n) is 4.56. The molecule has 19 heavy (non-hydrogen) atoms. The molecule has 0 atom stereocenters. The summed E-state index contributed by atoms with van der Waals surface area (Å²) in [5.74, 6) is -0.738. The number of carbonyl (C=O) groups is 2. The molecular weight excluding hydrogens is 250 g/mol. The summed E-state index contributed by atoms with van der Waals surface area (Å²) in [6, 6.07) is 0. The summed E-state index contributed by atoms with van der Waals surface area (Å²) >= 11 is 0. The van der Waals surface area contributed by atoms with E-state index in [1.54, 1.807) is 0 Å². The second kappa shape index (κ2) is 5.19. The van der Waals surface area contributed by atoms with Gasteiger partial charge in [-0.15, -0.1) is 0 Å². The van der Waals surface area contributed by atoms with Crippen LogP contribution in [-0.4, -0.2) is 57.4 Å². The minimum atomic E-state index is -1.57. The van der Waals surface area contributed by atoms with E-state index in [2.05, 4.69) is 0 Å². The fourth-order valence-electron chi connectivity index (χ4n) is 3.26. The van der Waals surface area contributed by atoms with Crippen LogP contribution in [0.4, 0.5) is 0 Å². The molecule has 6 heteroatoms. The van der Waals surface area contributed by atoms with Crippen LogP contribution >= 0.6 is 0 Å². The lowest BCUT2D eigenvalue weighted by Gasteiger charge is -2.38. The highest BCUT2D eigenvalue weighted by atomic mass is 16.3. The maximum absolute atomic E-state index is 12.6. The van der Waals surface area contributed by atoms with Crippen molar-refractivity contribution in [2.45, 2.75) is 44.1 Å². The highest BCUT2D eigenvalue weighted by Gasteiger charge is 2.57. The summed E-state index contributed by atoms with van der Waals surface area (Å²) in [5, 5.41) is 28.2. The van der Waals surface area contributed by atoms with E-state index in [1.807, 2.05) is 0 Å². The van der Waals surface area contributed by atoms with E-state index in [0.29, 0.717) is 12.8 Å². The van der Waals surface area contributed by atoms with Crippen LogP contribution in [0.1, 0.15) is 38.5 Å². The van der Waals surface area contributed by atoms with Gasteiger partial charge in [-0.3, -0.25) is 14.5 Å². The fraction of sp³-hybridized carbons (Fsp3) is 0.846. The molecule has 0 unspecified atom stereocenters. The van der Waals surface area contributed by atoms with E-state index in [4.69, 9.17) is 0 Å². The fourth-order valence-corrected chi connectivity index (χ4v) is 3.26. The zero-order valence-corrected chi connectivity index (χ0v) is 11.0. The van der Waals surface area contributed by atoms with Crippen LogP contribution in [0.5, 0.6) is 0 Å². The van der Waals surface area contributed by atoms with Gasteiger partial charge in [-0.25, -0.2) is 0 Å². The van der Waals surface area contributed by atoms with Gasteiger partial charge in [0.2, 0.25) is 11.8 Å². The van der Waals surface area contributed by atoms with Crippen LogP contribution in [-0.2, 0) is 9.59 Å². The number of rotatable bonds is 4. The van der Waals surface area contributed by atoms with E-state index in [0.717, 1.165) is 24.2 Å². The second-order valence-electron chi connectivity index (χ2n) is 5.75. The number of aliphatic hydroxyl groups is 3. The van der Waals surface area contributed by atoms with Crippen molar-refractivity contribution in [2.24, 2.45) is 5.41 Å². The Bertz CT molecular complexity index is 363. The van der Waals surface area contributed by atoms with Crippen molar-refractivity contribution >= 4 is 11.8 Å². The Kier molecular flexibility index (Phi) is 3.94. The summed E-state index contributed by atoms with van der Waals surface area (Å²) < 4.78 is 0. The van der Waals surface area contributed by atoms with Crippen molar-refractivity contribution in [3.05, 3.63) is 0 Å². The van der Waals surface area contributed by atoms with Gasteiger partial charge in [0.05, 0.1) is 25.2 Å². The number of hydrogen-bond donors (Lipinski definition) is 3. The molecule has 6 nitrogen and oxygen atoms in total. The molecule has 1 spiro atoms. The lowest BCUT2D eigenvalue weighted by molar-refractivity contribution is -0.157. The first-order valence-electron chi connectivity index (χ1n) is 6.75. The molecule has 0 bridgehead atoms. The quantitative estimate of drug-likeness (QED) is 0.594. The monoisotopic (exact) mass is 271 g/mol. The van der Waals surface area contributed by atoms with Crippen molar-refractivity contribution in [3.8, 4) is 0 Å². The molecule has 1 aliphatic heterocycles. The molecule has 2 rings (SSSR count). The molecule has 2 amide bonds. The van der Waals surface area contributed by atoms with Gasteiger partial charge >= 0.3 is 0 Å². The summed E-state index contributed by atoms with van der Waals surface area (Å²) in [5.41, 5.74) is -2.24. The Balaban J connectivity index is 2.32. The van der Waals surface area contributed by atoms with Gasteiger partial charge in [0, 0.05) is 6.42 Å². The number of carbonyl (C=O) groups excluding carboxylic acids is 2. The van der Waals surface area contributed by atoms with Crippen molar-refractivity contribution in [2.75, 3.05) is 19.8 Å². The Morgan fingerprint density at radius 2 is 1.53 bits per heavy atom. The molecule has 2 aliphatic rings. The predicted molar refractivity (Wildman–Crippen MR) is 66.0 cm³/mol. The highest BCUT2D eigenvalue weighted by molar-refractivity contribution is 6.06. The Morgan fingerprint density at radius 3 is 2.00 bits per heavy atom. The lowest BCUT2D eigenvalue weighted by atomic mass is 9.73. The number of imide groups is 1. The smallest absolute Gasteiger partial charge is 0.236 e. The second-order valence-corrected chi connectivity index (χ2v) is 5.75. The highest BCUT2D eigenvalue weighted by Crippen LogP contribution is 2.47. The van der Waals surface area contributed by atoms with Crippen LogP contribution in [0.3, 0.4) is 0 Å². The summed E-state index contributed by atoms with van der Waals surface area (Å²) in [4.78, 5) is 25.7. The van der Waals surface area contributed by atoms with Crippen LogP contribution in [0.25, 0.3) is 0 Å². The molecular formula is C13H21NO5. The van der Waals surface area contributed by atoms with Gasteiger partial charge in [-0.1, -0.05) is 19.3 Å². The molecule has 0 radical (unpaired) electrons. The number of nitrogens with zero attached hydrogens (tertiary/aromatic N) is 1. The molecule has 108 valence electrons. The SMILES string of the molecule is O=C1CC2(CCCCC2)C(=O)N1C(CO)(CO)CO. The van der Waals surface area contributed by atoms with Gasteiger partial charge in [0.1, 0.15) is 5.54 Å². The first kappa shape index (κ1) is 14.4. The Morgan fingerprint density at radius 1 is 1.00 bits per heavy atom. The van der Waals surface area contributed by atoms with Crippen LogP contribution in [0.15, 0.2) is 0 Å². The largest absolute Gasteiger partial charge is 0.394 e. The molecule has 0 aromatic rings. The Hall–Kier alpha value is -0.980. The Labute approximate surface area is 112 Å². The van der Waals surface area contributed by atoms with Gasteiger partial charge < -0.3 is 15.3 Å². The zero-order chi connectivity index (χ0) is 14.1. The van der Waals surface area contributed by atoms with Crippen molar-refractivity contribution < 1.29 is 24.9 Å². The molecule has 1 saturated heterocycles. The molecule has 2 fully saturated rings.